The van der Waals surface area contributed by atoms with E-state index in [2.05, 4.69) is 16.0 Å². The van der Waals surface area contributed by atoms with E-state index in [1.54, 1.807) is 6.92 Å². The Morgan fingerprint density at radius 3 is 2.50 bits per heavy atom. The third kappa shape index (κ3) is 4.38. The van der Waals surface area contributed by atoms with Crippen LogP contribution in [0.5, 0.6) is 0 Å². The molecular formula is C23H24ClF3N4O3. The second kappa shape index (κ2) is 8.65. The number of fused-ring (bicyclic) bond motifs is 1. The Hall–Kier alpha value is -3.01. The lowest BCUT2D eigenvalue weighted by atomic mass is 9.73. The average Bonchev–Trinajstić information content (AvgIpc) is 3.14. The van der Waals surface area contributed by atoms with Crippen molar-refractivity contribution < 1.29 is 27.6 Å². The van der Waals surface area contributed by atoms with Crippen molar-refractivity contribution in [1.29, 1.82) is 0 Å². The molecule has 0 bridgehead atoms. The number of benzene rings is 1. The van der Waals surface area contributed by atoms with Crippen LogP contribution in [0, 0.1) is 11.2 Å². The fourth-order valence-corrected chi connectivity index (χ4v) is 4.74. The third-order valence-electron chi connectivity index (χ3n) is 6.63. The lowest BCUT2D eigenvalue weighted by molar-refractivity contribution is -0.132. The number of carbonyl (C=O) groups excluding carboxylic acids is 3. The van der Waals surface area contributed by atoms with Gasteiger partial charge in [-0.2, -0.15) is 0 Å². The Kier molecular flexibility index (Phi) is 6.14. The van der Waals surface area contributed by atoms with E-state index in [0.717, 1.165) is 0 Å². The number of alkyl halides is 2. The number of rotatable bonds is 4. The molecule has 2 heterocycles. The molecule has 1 saturated carbocycles. The second-order valence-electron chi connectivity index (χ2n) is 9.03. The summed E-state index contributed by atoms with van der Waals surface area (Å²) in [6.45, 7) is 1.42. The number of anilines is 1. The van der Waals surface area contributed by atoms with Gasteiger partial charge in [-0.1, -0.05) is 18.5 Å². The molecule has 1 fully saturated rings. The number of nitrogens with zero attached hydrogens (tertiary/aromatic N) is 1. The van der Waals surface area contributed by atoms with Crippen LogP contribution in [0.15, 0.2) is 24.3 Å². The van der Waals surface area contributed by atoms with Crippen molar-refractivity contribution in [2.24, 2.45) is 5.41 Å². The summed E-state index contributed by atoms with van der Waals surface area (Å²) in [5.41, 5.74) is -0.124. The molecule has 0 radical (unpaired) electrons. The van der Waals surface area contributed by atoms with Gasteiger partial charge >= 0.3 is 0 Å². The van der Waals surface area contributed by atoms with Gasteiger partial charge in [0.25, 0.3) is 5.91 Å². The van der Waals surface area contributed by atoms with E-state index in [-0.39, 0.29) is 41.4 Å². The molecule has 1 unspecified atom stereocenters. The van der Waals surface area contributed by atoms with E-state index < -0.39 is 53.8 Å². The van der Waals surface area contributed by atoms with Crippen molar-refractivity contribution >= 4 is 35.0 Å². The number of halogens is 4. The number of hydrogen-bond acceptors (Lipinski definition) is 3. The molecule has 7 nitrogen and oxygen atoms in total. The summed E-state index contributed by atoms with van der Waals surface area (Å²) in [6, 6.07) is 4.16. The summed E-state index contributed by atoms with van der Waals surface area (Å²) >= 11 is 6.30. The zero-order valence-corrected chi connectivity index (χ0v) is 19.4. The zero-order chi connectivity index (χ0) is 24.8. The largest absolute Gasteiger partial charge is 0.354 e. The number of aromatic nitrogens is 1. The SMILES string of the molecule is CNC(=O)c1cc(NC(=O)C2(C)CCC(F)(F)CC2)c2n1CC(=O)NC2c1cc(F)ccc1Cl. The Bertz CT molecular complexity index is 1170. The van der Waals surface area contributed by atoms with Crippen molar-refractivity contribution in [3.8, 4) is 0 Å². The van der Waals surface area contributed by atoms with Gasteiger partial charge in [0.2, 0.25) is 17.7 Å². The molecule has 1 aromatic heterocycles. The third-order valence-corrected chi connectivity index (χ3v) is 6.97. The highest BCUT2D eigenvalue weighted by molar-refractivity contribution is 6.31. The van der Waals surface area contributed by atoms with Crippen molar-refractivity contribution in [3.63, 3.8) is 0 Å². The standard InChI is InChI=1S/C23H24ClF3N4O3/c1-22(5-7-23(26,27)8-6-22)21(34)29-15-10-16(20(33)28-2)31-11-17(32)30-18(19(15)31)13-9-12(25)3-4-14(13)24/h3-4,9-10,18H,5-8,11H2,1-2H3,(H,28,33)(H,29,34)(H,30,32). The molecule has 2 aromatic rings. The van der Waals surface area contributed by atoms with Crippen LogP contribution in [0.25, 0.3) is 0 Å². The lowest BCUT2D eigenvalue weighted by Crippen LogP contribution is -2.42. The smallest absolute Gasteiger partial charge is 0.267 e. The van der Waals surface area contributed by atoms with Gasteiger partial charge in [-0.05, 0) is 37.1 Å². The summed E-state index contributed by atoms with van der Waals surface area (Å²) in [5.74, 6) is -4.78. The predicted octanol–water partition coefficient (Wildman–Crippen LogP) is 4.01. The number of carbonyl (C=O) groups is 3. The molecule has 0 spiro atoms. The van der Waals surface area contributed by atoms with Gasteiger partial charge < -0.3 is 20.5 Å². The van der Waals surface area contributed by atoms with E-state index in [0.29, 0.717) is 5.69 Å². The van der Waals surface area contributed by atoms with Crippen molar-refractivity contribution in [2.45, 2.75) is 51.1 Å². The van der Waals surface area contributed by atoms with Gasteiger partial charge in [0.15, 0.2) is 0 Å². The highest BCUT2D eigenvalue weighted by Crippen LogP contribution is 2.45. The van der Waals surface area contributed by atoms with Crippen LogP contribution < -0.4 is 16.0 Å². The molecule has 1 atom stereocenters. The Labute approximate surface area is 199 Å². The quantitative estimate of drug-likeness (QED) is 0.597. The van der Waals surface area contributed by atoms with Crippen LogP contribution in [0.3, 0.4) is 0 Å². The summed E-state index contributed by atoms with van der Waals surface area (Å²) in [4.78, 5) is 38.3. The maximum Gasteiger partial charge on any atom is 0.267 e. The van der Waals surface area contributed by atoms with Gasteiger partial charge in [-0.15, -0.1) is 0 Å². The minimum absolute atomic E-state index is 0.0000671. The molecule has 1 aromatic carbocycles. The lowest BCUT2D eigenvalue weighted by Gasteiger charge is -2.36. The van der Waals surface area contributed by atoms with Crippen molar-refractivity contribution in [2.75, 3.05) is 12.4 Å². The van der Waals surface area contributed by atoms with Crippen LogP contribution in [-0.2, 0) is 16.1 Å². The van der Waals surface area contributed by atoms with Gasteiger partial charge in [0.1, 0.15) is 18.1 Å². The molecule has 0 saturated heterocycles. The van der Waals surface area contributed by atoms with Gasteiger partial charge in [0, 0.05) is 35.9 Å². The first-order chi connectivity index (χ1) is 15.9. The molecule has 3 N–H and O–H groups in total. The monoisotopic (exact) mass is 496 g/mol. The highest BCUT2D eigenvalue weighted by Gasteiger charge is 2.45. The summed E-state index contributed by atoms with van der Waals surface area (Å²) in [7, 11) is 1.42. The normalized spacial score (nSPS) is 20.8. The number of hydrogen-bond donors (Lipinski definition) is 3. The van der Waals surface area contributed by atoms with E-state index in [9.17, 15) is 27.6 Å². The molecule has 11 heteroatoms. The highest BCUT2D eigenvalue weighted by atomic mass is 35.5. The summed E-state index contributed by atoms with van der Waals surface area (Å²) in [6.07, 6.45) is -0.794. The Balaban J connectivity index is 1.78. The number of amides is 3. The summed E-state index contributed by atoms with van der Waals surface area (Å²) in [5, 5.41) is 8.21. The van der Waals surface area contributed by atoms with Crippen LogP contribution in [-0.4, -0.2) is 35.3 Å². The molecule has 1 aliphatic carbocycles. The molecule has 34 heavy (non-hydrogen) atoms. The number of nitrogens with one attached hydrogen (secondary N) is 3. The van der Waals surface area contributed by atoms with Gasteiger partial charge in [0.05, 0.1) is 17.4 Å². The van der Waals surface area contributed by atoms with Crippen molar-refractivity contribution in [1.82, 2.24) is 15.2 Å². The Morgan fingerprint density at radius 2 is 1.85 bits per heavy atom. The zero-order valence-electron chi connectivity index (χ0n) is 18.6. The maximum atomic E-state index is 14.1. The van der Waals surface area contributed by atoms with Crippen LogP contribution in [0.2, 0.25) is 5.02 Å². The summed E-state index contributed by atoms with van der Waals surface area (Å²) < 4.78 is 42.9. The fraction of sp³-hybridized carbons (Fsp3) is 0.435. The molecule has 1 aliphatic heterocycles. The predicted molar refractivity (Wildman–Crippen MR) is 119 cm³/mol. The Morgan fingerprint density at radius 1 is 1.18 bits per heavy atom. The van der Waals surface area contributed by atoms with Crippen LogP contribution in [0.1, 0.15) is 60.4 Å². The van der Waals surface area contributed by atoms with E-state index in [4.69, 9.17) is 11.6 Å². The first kappa shape index (κ1) is 24.1. The first-order valence-corrected chi connectivity index (χ1v) is 11.2. The molecule has 4 rings (SSSR count). The minimum Gasteiger partial charge on any atom is -0.354 e. The van der Waals surface area contributed by atoms with Crippen molar-refractivity contribution in [3.05, 3.63) is 52.1 Å². The molecular weight excluding hydrogens is 473 g/mol. The maximum absolute atomic E-state index is 14.1. The van der Waals surface area contributed by atoms with Crippen LogP contribution >= 0.6 is 11.6 Å². The van der Waals surface area contributed by atoms with Gasteiger partial charge in [-0.25, -0.2) is 13.2 Å². The minimum atomic E-state index is -2.80. The fourth-order valence-electron chi connectivity index (χ4n) is 4.51. The molecule has 2 aliphatic rings. The van der Waals surface area contributed by atoms with Gasteiger partial charge in [-0.3, -0.25) is 14.4 Å². The van der Waals surface area contributed by atoms with E-state index in [1.165, 1.54) is 35.9 Å². The van der Waals surface area contributed by atoms with E-state index in [1.807, 2.05) is 0 Å². The van der Waals surface area contributed by atoms with Crippen LogP contribution in [0.4, 0.5) is 18.9 Å². The second-order valence-corrected chi connectivity index (χ2v) is 9.44. The topological polar surface area (TPSA) is 92.2 Å². The first-order valence-electron chi connectivity index (χ1n) is 10.8. The average molecular weight is 497 g/mol. The molecule has 3 amide bonds. The van der Waals surface area contributed by atoms with E-state index >= 15 is 0 Å². The molecule has 182 valence electrons.